The van der Waals surface area contributed by atoms with Crippen LogP contribution in [0.25, 0.3) is 0 Å². The van der Waals surface area contributed by atoms with Crippen LogP contribution in [0, 0.1) is 0 Å². The van der Waals surface area contributed by atoms with Crippen LogP contribution >= 0.6 is 11.8 Å². The van der Waals surface area contributed by atoms with Gasteiger partial charge in [-0.3, -0.25) is 4.79 Å². The number of nitrogens with one attached hydrogen (secondary N) is 1. The average molecular weight is 215 g/mol. The highest BCUT2D eigenvalue weighted by molar-refractivity contribution is 7.99. The van der Waals surface area contributed by atoms with Crippen LogP contribution in [0.1, 0.15) is 13.3 Å². The average Bonchev–Trinajstić information content (AvgIpc) is 2.02. The molecule has 13 heavy (non-hydrogen) atoms. The fraction of sp³-hybridized carbons (Fsp3) is 0.857. The van der Waals surface area contributed by atoms with Gasteiger partial charge in [-0.1, -0.05) is 6.92 Å². The van der Waals surface area contributed by atoms with Gasteiger partial charge in [-0.15, -0.1) is 0 Å². The number of carbonyl (C=O) groups excluding carboxylic acids is 1. The summed E-state index contributed by atoms with van der Waals surface area (Å²) >= 11 is 1.63. The molecule has 0 radical (unpaired) electrons. The van der Waals surface area contributed by atoms with Crippen LogP contribution in [0.15, 0.2) is 0 Å². The van der Waals surface area contributed by atoms with Crippen LogP contribution in [0.3, 0.4) is 0 Å². The summed E-state index contributed by atoms with van der Waals surface area (Å²) in [5.74, 6) is -0.143. The Hall–Kier alpha value is -0.390. The smallest absolute Gasteiger partial charge is 0.348 e. The molecule has 0 saturated heterocycles. The molecule has 0 aliphatic heterocycles. The maximum absolute atomic E-state index is 11.6. The standard InChI is InChI=1S/C7H12F3NOS/c1-2-13-5-3-4-11-6(12)7(8,9)10/h2-5H2,1H3,(H,11,12). The molecular formula is C7H12F3NOS. The molecule has 0 aromatic heterocycles. The van der Waals surface area contributed by atoms with E-state index in [9.17, 15) is 18.0 Å². The first kappa shape index (κ1) is 12.6. The van der Waals surface area contributed by atoms with Gasteiger partial charge in [0.25, 0.3) is 0 Å². The van der Waals surface area contributed by atoms with Crippen molar-refractivity contribution in [2.24, 2.45) is 0 Å². The second-order valence-corrected chi connectivity index (χ2v) is 3.70. The normalized spacial score (nSPS) is 11.4. The number of amides is 1. The first-order chi connectivity index (χ1) is 5.98. The molecule has 0 unspecified atom stereocenters. The van der Waals surface area contributed by atoms with Crippen molar-refractivity contribution in [3.63, 3.8) is 0 Å². The third kappa shape index (κ3) is 6.74. The number of rotatable bonds is 5. The Morgan fingerprint density at radius 1 is 1.46 bits per heavy atom. The van der Waals surface area contributed by atoms with Gasteiger partial charge in [0.05, 0.1) is 0 Å². The van der Waals surface area contributed by atoms with Crippen molar-refractivity contribution in [1.82, 2.24) is 5.32 Å². The van der Waals surface area contributed by atoms with E-state index in [1.54, 1.807) is 17.1 Å². The summed E-state index contributed by atoms with van der Waals surface area (Å²) in [6.45, 7) is 2.06. The van der Waals surface area contributed by atoms with Gasteiger partial charge >= 0.3 is 12.1 Å². The van der Waals surface area contributed by atoms with Crippen LogP contribution in [0.2, 0.25) is 0 Å². The van der Waals surface area contributed by atoms with E-state index < -0.39 is 12.1 Å². The van der Waals surface area contributed by atoms with E-state index in [4.69, 9.17) is 0 Å². The molecular weight excluding hydrogens is 203 g/mol. The molecule has 0 aliphatic carbocycles. The van der Waals surface area contributed by atoms with Gasteiger partial charge in [-0.2, -0.15) is 24.9 Å². The second-order valence-electron chi connectivity index (χ2n) is 2.30. The lowest BCUT2D eigenvalue weighted by Gasteiger charge is -2.06. The highest BCUT2D eigenvalue weighted by Gasteiger charge is 2.37. The number of hydrogen-bond acceptors (Lipinski definition) is 2. The van der Waals surface area contributed by atoms with Crippen molar-refractivity contribution in [2.45, 2.75) is 19.5 Å². The third-order valence-electron chi connectivity index (χ3n) is 1.21. The number of carbonyl (C=O) groups is 1. The molecule has 0 atom stereocenters. The lowest BCUT2D eigenvalue weighted by Crippen LogP contribution is -2.37. The molecule has 2 nitrogen and oxygen atoms in total. The van der Waals surface area contributed by atoms with Crippen molar-refractivity contribution in [1.29, 1.82) is 0 Å². The number of thioether (sulfide) groups is 1. The molecule has 0 aliphatic rings. The summed E-state index contributed by atoms with van der Waals surface area (Å²) in [5, 5.41) is 1.80. The topological polar surface area (TPSA) is 29.1 Å². The van der Waals surface area contributed by atoms with Crippen LogP contribution in [-0.4, -0.2) is 30.1 Å². The summed E-state index contributed by atoms with van der Waals surface area (Å²) in [4.78, 5) is 10.3. The molecule has 0 heterocycles. The second kappa shape index (κ2) is 6.12. The van der Waals surface area contributed by atoms with Gasteiger partial charge in [-0.25, -0.2) is 0 Å². The van der Waals surface area contributed by atoms with Crippen LogP contribution in [-0.2, 0) is 4.79 Å². The maximum atomic E-state index is 11.6. The van der Waals surface area contributed by atoms with Crippen molar-refractivity contribution in [3.8, 4) is 0 Å². The summed E-state index contributed by atoms with van der Waals surface area (Å²) in [6.07, 6.45) is -4.18. The molecule has 1 amide bonds. The minimum absolute atomic E-state index is 0.0886. The Balaban J connectivity index is 3.38. The summed E-state index contributed by atoms with van der Waals surface area (Å²) in [5.41, 5.74) is 0. The fourth-order valence-corrected chi connectivity index (χ4v) is 1.26. The van der Waals surface area contributed by atoms with Gasteiger partial charge in [0.2, 0.25) is 0 Å². The summed E-state index contributed by atoms with van der Waals surface area (Å²) in [6, 6.07) is 0. The Kier molecular flexibility index (Phi) is 5.94. The van der Waals surface area contributed by atoms with Gasteiger partial charge in [0.15, 0.2) is 0 Å². The minimum atomic E-state index is -4.75. The Labute approximate surface area is 79.3 Å². The quantitative estimate of drug-likeness (QED) is 0.709. The molecule has 0 saturated carbocycles. The van der Waals surface area contributed by atoms with Crippen LogP contribution < -0.4 is 5.32 Å². The molecule has 1 N–H and O–H groups in total. The van der Waals surface area contributed by atoms with Gasteiger partial charge in [0, 0.05) is 6.54 Å². The Bertz CT molecular complexity index is 160. The zero-order chi connectivity index (χ0) is 10.3. The summed E-state index contributed by atoms with van der Waals surface area (Å²) < 4.78 is 34.8. The van der Waals surface area contributed by atoms with Gasteiger partial charge in [-0.05, 0) is 17.9 Å². The number of halogens is 3. The first-order valence-electron chi connectivity index (χ1n) is 3.91. The Morgan fingerprint density at radius 2 is 2.08 bits per heavy atom. The SMILES string of the molecule is CCSCCCNC(=O)C(F)(F)F. The molecule has 6 heteroatoms. The molecule has 78 valence electrons. The van der Waals surface area contributed by atoms with E-state index in [0.29, 0.717) is 6.42 Å². The summed E-state index contributed by atoms with van der Waals surface area (Å²) in [7, 11) is 0. The van der Waals surface area contributed by atoms with E-state index in [1.165, 1.54) is 0 Å². The zero-order valence-electron chi connectivity index (χ0n) is 7.28. The lowest BCUT2D eigenvalue weighted by molar-refractivity contribution is -0.173. The van der Waals surface area contributed by atoms with Crippen molar-refractivity contribution < 1.29 is 18.0 Å². The van der Waals surface area contributed by atoms with Gasteiger partial charge in [0.1, 0.15) is 0 Å². The predicted octanol–water partition coefficient (Wildman–Crippen LogP) is 1.81. The maximum Gasteiger partial charge on any atom is 0.471 e. The highest BCUT2D eigenvalue weighted by Crippen LogP contribution is 2.13. The fourth-order valence-electron chi connectivity index (χ4n) is 0.621. The van der Waals surface area contributed by atoms with Crippen LogP contribution in [0.5, 0.6) is 0 Å². The van der Waals surface area contributed by atoms with E-state index in [0.717, 1.165) is 11.5 Å². The van der Waals surface area contributed by atoms with Crippen LogP contribution in [0.4, 0.5) is 13.2 Å². The van der Waals surface area contributed by atoms with E-state index in [2.05, 4.69) is 0 Å². The van der Waals surface area contributed by atoms with Crippen molar-refractivity contribution in [2.75, 3.05) is 18.1 Å². The Morgan fingerprint density at radius 3 is 2.54 bits per heavy atom. The van der Waals surface area contributed by atoms with E-state index in [1.807, 2.05) is 6.92 Å². The molecule has 0 bridgehead atoms. The third-order valence-corrected chi connectivity index (χ3v) is 2.20. The molecule has 0 spiro atoms. The lowest BCUT2D eigenvalue weighted by atomic mass is 10.4. The van der Waals surface area contributed by atoms with Crippen molar-refractivity contribution in [3.05, 3.63) is 0 Å². The van der Waals surface area contributed by atoms with E-state index in [-0.39, 0.29) is 6.54 Å². The van der Waals surface area contributed by atoms with Gasteiger partial charge < -0.3 is 5.32 Å². The molecule has 0 aromatic rings. The largest absolute Gasteiger partial charge is 0.471 e. The predicted molar refractivity (Wildman–Crippen MR) is 46.7 cm³/mol. The van der Waals surface area contributed by atoms with E-state index >= 15 is 0 Å². The molecule has 0 aromatic carbocycles. The number of alkyl halides is 3. The minimum Gasteiger partial charge on any atom is -0.348 e. The number of hydrogen-bond donors (Lipinski definition) is 1. The molecule has 0 rings (SSSR count). The zero-order valence-corrected chi connectivity index (χ0v) is 8.10. The monoisotopic (exact) mass is 215 g/mol. The first-order valence-corrected chi connectivity index (χ1v) is 5.06. The highest BCUT2D eigenvalue weighted by atomic mass is 32.2. The van der Waals surface area contributed by atoms with Crippen molar-refractivity contribution >= 4 is 17.7 Å². The molecule has 0 fully saturated rings.